The molecule has 0 bridgehead atoms. The predicted octanol–water partition coefficient (Wildman–Crippen LogP) is 3.17. The molecular formula is C31H43BBr2N12O2. The molecule has 2 aromatic carbocycles. The van der Waals surface area contributed by atoms with E-state index in [1.54, 1.807) is 12.4 Å². The van der Waals surface area contributed by atoms with Crippen molar-refractivity contribution in [1.29, 1.82) is 0 Å². The summed E-state index contributed by atoms with van der Waals surface area (Å²) in [6, 6.07) is 13.0. The Balaban J connectivity index is 0.000000195. The molecular weight excluding hydrogens is 743 g/mol. The molecule has 48 heavy (non-hydrogen) atoms. The number of nitrogen functional groups attached to an aromatic ring is 4. The van der Waals surface area contributed by atoms with E-state index < -0.39 is 7.12 Å². The van der Waals surface area contributed by atoms with Gasteiger partial charge in [0.15, 0.2) is 11.6 Å². The smallest absolute Gasteiger partial charge is 0.427 e. The molecule has 2 aliphatic heterocycles. The number of benzene rings is 2. The Labute approximate surface area is 298 Å². The highest BCUT2D eigenvalue weighted by atomic mass is 79.9. The van der Waals surface area contributed by atoms with Crippen molar-refractivity contribution in [1.82, 2.24) is 19.9 Å². The maximum Gasteiger partial charge on any atom is 0.448 e. The molecule has 6 rings (SSSR count). The summed E-state index contributed by atoms with van der Waals surface area (Å²) in [5, 5.41) is 15.2. The van der Waals surface area contributed by atoms with Gasteiger partial charge in [0, 0.05) is 72.7 Å². The molecule has 0 atom stereocenters. The minimum Gasteiger partial charge on any atom is -0.427 e. The number of aryl methyl sites for hydroxylation is 2. The molecule has 2 aliphatic rings. The number of hydrogen-bond donors (Lipinski definition) is 6. The molecule has 14 nitrogen and oxygen atoms in total. The molecule has 0 radical (unpaired) electrons. The molecule has 2 aromatic heterocycles. The van der Waals surface area contributed by atoms with Gasteiger partial charge in [0.2, 0.25) is 11.9 Å². The second kappa shape index (κ2) is 16.9. The van der Waals surface area contributed by atoms with E-state index in [4.69, 9.17) is 33.0 Å². The largest absolute Gasteiger partial charge is 0.448 e. The lowest BCUT2D eigenvalue weighted by atomic mass is 9.99. The van der Waals surface area contributed by atoms with Crippen molar-refractivity contribution < 1.29 is 10.0 Å². The van der Waals surface area contributed by atoms with Crippen LogP contribution in [0.5, 0.6) is 0 Å². The highest BCUT2D eigenvalue weighted by molar-refractivity contribution is 9.11. The number of rotatable bonds is 4. The molecule has 0 saturated carbocycles. The van der Waals surface area contributed by atoms with Crippen LogP contribution in [0.15, 0.2) is 57.7 Å². The molecule has 256 valence electrons. The zero-order valence-corrected chi connectivity index (χ0v) is 30.6. The molecule has 2 fully saturated rings. The van der Waals surface area contributed by atoms with Crippen molar-refractivity contribution in [2.75, 3.05) is 94.9 Å². The number of nitrogens with two attached hydrogens (primary N) is 4. The highest BCUT2D eigenvalue weighted by Crippen LogP contribution is 2.29. The van der Waals surface area contributed by atoms with Crippen molar-refractivity contribution in [2.45, 2.75) is 20.7 Å². The number of anilines is 8. The highest BCUT2D eigenvalue weighted by Gasteiger charge is 2.22. The first-order chi connectivity index (χ1) is 22.8. The number of halogens is 2. The van der Waals surface area contributed by atoms with E-state index in [-0.39, 0.29) is 11.9 Å². The summed E-state index contributed by atoms with van der Waals surface area (Å²) < 4.78 is 2.13. The van der Waals surface area contributed by atoms with E-state index in [0.29, 0.717) is 11.6 Å². The van der Waals surface area contributed by atoms with E-state index in [1.807, 2.05) is 6.07 Å². The standard InChI is InChI=1S/C16H22N6.C14H16Br2N6.CH5BO2/c1-11-7-12(2)9-13(8-11)21-3-5-22(6-4-21)14-10-19-16(18)20-15(14)17;15-9-5-10(16)7-11(6-9)21-1-3-22(4-2-21)12-8-19-14(18)20-13(12)17;1-2(3)4/h7-10H,3-6H2,1-2H3,(H4,17,18,19,20);5-8H,1-4H2,(H4,17,18,19,20);3-4H,1H3. The van der Waals surface area contributed by atoms with Gasteiger partial charge < -0.3 is 52.6 Å². The van der Waals surface area contributed by atoms with Gasteiger partial charge in [-0.25, -0.2) is 9.97 Å². The molecule has 4 heterocycles. The topological polar surface area (TPSA) is 209 Å². The van der Waals surface area contributed by atoms with E-state index in [2.05, 4.69) is 116 Å². The normalized spacial score (nSPS) is 14.5. The predicted molar refractivity (Wildman–Crippen MR) is 204 cm³/mol. The average molecular weight is 786 g/mol. The third kappa shape index (κ3) is 10.5. The van der Waals surface area contributed by atoms with Gasteiger partial charge in [-0.15, -0.1) is 0 Å². The monoisotopic (exact) mass is 784 g/mol. The summed E-state index contributed by atoms with van der Waals surface area (Å²) in [4.78, 5) is 25.3. The number of piperazine rings is 2. The summed E-state index contributed by atoms with van der Waals surface area (Å²) >= 11 is 7.06. The van der Waals surface area contributed by atoms with Crippen molar-refractivity contribution in [3.05, 3.63) is 68.9 Å². The average Bonchev–Trinajstić information content (AvgIpc) is 3.01. The quantitative estimate of drug-likeness (QED) is 0.164. The van der Waals surface area contributed by atoms with Crippen molar-refractivity contribution >= 4 is 85.3 Å². The Morgan fingerprint density at radius 1 is 0.583 bits per heavy atom. The summed E-state index contributed by atoms with van der Waals surface area (Å²) in [6.07, 6.45) is 3.41. The zero-order chi connectivity index (χ0) is 35.0. The number of aromatic nitrogens is 4. The molecule has 0 spiro atoms. The van der Waals surface area contributed by atoms with Crippen LogP contribution in [-0.2, 0) is 0 Å². The fourth-order valence-electron chi connectivity index (χ4n) is 5.56. The fourth-order valence-corrected chi connectivity index (χ4v) is 6.83. The molecule has 0 aliphatic carbocycles. The van der Waals surface area contributed by atoms with Crippen LogP contribution in [0.2, 0.25) is 6.82 Å². The van der Waals surface area contributed by atoms with Crippen LogP contribution < -0.4 is 42.5 Å². The fraction of sp³-hybridized carbons (Fsp3) is 0.355. The lowest BCUT2D eigenvalue weighted by Gasteiger charge is -2.37. The summed E-state index contributed by atoms with van der Waals surface area (Å²) in [6.45, 7) is 12.8. The Morgan fingerprint density at radius 2 is 0.917 bits per heavy atom. The van der Waals surface area contributed by atoms with Gasteiger partial charge in [0.1, 0.15) is 0 Å². The molecule has 0 amide bonds. The van der Waals surface area contributed by atoms with E-state index in [0.717, 1.165) is 72.7 Å². The van der Waals surface area contributed by atoms with Crippen LogP contribution in [-0.4, -0.2) is 89.5 Å². The molecule has 0 unspecified atom stereocenters. The van der Waals surface area contributed by atoms with Gasteiger partial charge in [-0.3, -0.25) is 0 Å². The zero-order valence-electron chi connectivity index (χ0n) is 27.4. The summed E-state index contributed by atoms with van der Waals surface area (Å²) in [5.74, 6) is 1.31. The molecule has 4 aromatic rings. The maximum atomic E-state index is 7.61. The van der Waals surface area contributed by atoms with E-state index in [1.165, 1.54) is 29.3 Å². The van der Waals surface area contributed by atoms with Crippen LogP contribution in [0.1, 0.15) is 11.1 Å². The molecule has 10 N–H and O–H groups in total. The lowest BCUT2D eigenvalue weighted by molar-refractivity contribution is 0.417. The first-order valence-electron chi connectivity index (χ1n) is 15.5. The SMILES string of the molecule is CB(O)O.Cc1cc(C)cc(N2CCN(c3cnc(N)nc3N)CC2)c1.Nc1ncc(N2CCN(c3cc(Br)cc(Br)c3)CC2)c(N)n1. The van der Waals surface area contributed by atoms with Crippen molar-refractivity contribution in [3.63, 3.8) is 0 Å². The van der Waals surface area contributed by atoms with E-state index in [9.17, 15) is 0 Å². The Kier molecular flexibility index (Phi) is 12.9. The van der Waals surface area contributed by atoms with Gasteiger partial charge in [-0.1, -0.05) is 37.9 Å². The van der Waals surface area contributed by atoms with Gasteiger partial charge in [0.05, 0.1) is 23.8 Å². The Bertz CT molecular complexity index is 1510. The lowest BCUT2D eigenvalue weighted by Crippen LogP contribution is -2.46. The second-order valence-corrected chi connectivity index (χ2v) is 13.4. The Morgan fingerprint density at radius 3 is 1.27 bits per heavy atom. The second-order valence-electron chi connectivity index (χ2n) is 11.6. The van der Waals surface area contributed by atoms with Gasteiger partial charge >= 0.3 is 7.12 Å². The van der Waals surface area contributed by atoms with E-state index >= 15 is 0 Å². The van der Waals surface area contributed by atoms with Crippen LogP contribution in [0.3, 0.4) is 0 Å². The van der Waals surface area contributed by atoms with Gasteiger partial charge in [-0.2, -0.15) is 9.97 Å². The Hall–Kier alpha value is -4.06. The van der Waals surface area contributed by atoms with Gasteiger partial charge in [0.25, 0.3) is 0 Å². The number of hydrogen-bond acceptors (Lipinski definition) is 14. The van der Waals surface area contributed by atoms with Gasteiger partial charge in [-0.05, 0) is 62.1 Å². The maximum absolute atomic E-state index is 7.61. The minimum absolute atomic E-state index is 0.207. The third-order valence-electron chi connectivity index (χ3n) is 7.66. The molecule has 17 heteroatoms. The summed E-state index contributed by atoms with van der Waals surface area (Å²) in [5.41, 5.74) is 29.8. The van der Waals surface area contributed by atoms with Crippen molar-refractivity contribution in [2.24, 2.45) is 0 Å². The van der Waals surface area contributed by atoms with Crippen molar-refractivity contribution in [3.8, 4) is 0 Å². The first kappa shape index (κ1) is 36.8. The van der Waals surface area contributed by atoms with Crippen LogP contribution in [0.4, 0.5) is 46.3 Å². The molecule has 2 saturated heterocycles. The van der Waals surface area contributed by atoms with Crippen LogP contribution in [0, 0.1) is 13.8 Å². The van der Waals surface area contributed by atoms with Crippen LogP contribution in [0.25, 0.3) is 0 Å². The minimum atomic E-state index is -1.17. The number of nitrogens with zero attached hydrogens (tertiary/aromatic N) is 8. The third-order valence-corrected chi connectivity index (χ3v) is 8.57. The first-order valence-corrected chi connectivity index (χ1v) is 17.0. The summed E-state index contributed by atoms with van der Waals surface area (Å²) in [7, 11) is -1.17. The van der Waals surface area contributed by atoms with Crippen LogP contribution >= 0.6 is 31.9 Å².